The minimum atomic E-state index is -3.35. The molecular weight excluding hydrogens is 356 g/mol. The van der Waals surface area contributed by atoms with E-state index in [4.69, 9.17) is 5.26 Å². The molecule has 3 aromatic rings. The predicted molar refractivity (Wildman–Crippen MR) is 93.5 cm³/mol. The van der Waals surface area contributed by atoms with E-state index in [1.807, 2.05) is 6.07 Å². The van der Waals surface area contributed by atoms with Crippen molar-refractivity contribution in [2.24, 2.45) is 0 Å². The van der Waals surface area contributed by atoms with Crippen LogP contribution in [-0.2, 0) is 9.84 Å². The lowest BCUT2D eigenvalue weighted by Gasteiger charge is -2.08. The maximum Gasteiger partial charge on any atom is 0.294 e. The van der Waals surface area contributed by atoms with Gasteiger partial charge in [0.15, 0.2) is 15.5 Å². The Morgan fingerprint density at radius 1 is 1.15 bits per heavy atom. The molecule has 0 aliphatic heterocycles. The molecular formula is C17H12N4O4S. The molecule has 1 aromatic heterocycles. The summed E-state index contributed by atoms with van der Waals surface area (Å²) in [5.74, 6) is 0. The zero-order chi connectivity index (χ0) is 18.9. The van der Waals surface area contributed by atoms with Gasteiger partial charge < -0.3 is 0 Å². The molecule has 9 heteroatoms. The van der Waals surface area contributed by atoms with E-state index in [1.54, 1.807) is 18.2 Å². The van der Waals surface area contributed by atoms with Crippen molar-refractivity contribution < 1.29 is 13.3 Å². The van der Waals surface area contributed by atoms with Crippen LogP contribution in [0.5, 0.6) is 0 Å². The molecule has 0 amide bonds. The Morgan fingerprint density at radius 2 is 1.81 bits per heavy atom. The molecule has 0 fully saturated rings. The highest BCUT2D eigenvalue weighted by Crippen LogP contribution is 2.29. The van der Waals surface area contributed by atoms with Crippen LogP contribution in [0.4, 0.5) is 5.69 Å². The molecule has 0 unspecified atom stereocenters. The summed E-state index contributed by atoms with van der Waals surface area (Å²) in [6.45, 7) is 0. The number of nitrogens with zero attached hydrogens (tertiary/aromatic N) is 4. The number of nitriles is 1. The number of hydrogen-bond donors (Lipinski definition) is 0. The Balaban J connectivity index is 2.21. The normalized spacial score (nSPS) is 11.1. The lowest BCUT2D eigenvalue weighted by atomic mass is 10.1. The van der Waals surface area contributed by atoms with Crippen molar-refractivity contribution in [3.8, 4) is 23.0 Å². The average Bonchev–Trinajstić information content (AvgIpc) is 3.05. The summed E-state index contributed by atoms with van der Waals surface area (Å²) in [5, 5.41) is 24.6. The molecule has 0 aliphatic carbocycles. The maximum atomic E-state index is 11.6. The summed E-state index contributed by atoms with van der Waals surface area (Å²) in [5.41, 5.74) is 1.15. The second kappa shape index (κ2) is 6.42. The van der Waals surface area contributed by atoms with Crippen molar-refractivity contribution in [2.45, 2.75) is 4.90 Å². The fourth-order valence-electron chi connectivity index (χ4n) is 2.50. The molecule has 0 radical (unpaired) electrons. The predicted octanol–water partition coefficient (Wildman–Crippen LogP) is 2.72. The first-order valence-corrected chi connectivity index (χ1v) is 9.25. The maximum absolute atomic E-state index is 11.6. The zero-order valence-electron chi connectivity index (χ0n) is 13.5. The van der Waals surface area contributed by atoms with Crippen molar-refractivity contribution in [1.82, 2.24) is 9.78 Å². The Hall–Kier alpha value is -3.51. The van der Waals surface area contributed by atoms with Crippen LogP contribution in [0.15, 0.2) is 59.5 Å². The van der Waals surface area contributed by atoms with Crippen molar-refractivity contribution in [1.29, 1.82) is 5.26 Å². The molecule has 0 N–H and O–H groups in total. The topological polar surface area (TPSA) is 119 Å². The Bertz CT molecular complexity index is 1140. The number of sulfone groups is 1. The number of benzene rings is 2. The second-order valence-electron chi connectivity index (χ2n) is 5.48. The van der Waals surface area contributed by atoms with E-state index in [-0.39, 0.29) is 22.0 Å². The van der Waals surface area contributed by atoms with Crippen LogP contribution in [0.25, 0.3) is 16.9 Å². The van der Waals surface area contributed by atoms with Gasteiger partial charge in [0.2, 0.25) is 0 Å². The average molecular weight is 368 g/mol. The van der Waals surface area contributed by atoms with Crippen LogP contribution in [0.3, 0.4) is 0 Å². The first-order valence-electron chi connectivity index (χ1n) is 7.35. The third-order valence-electron chi connectivity index (χ3n) is 3.71. The molecule has 0 saturated heterocycles. The molecule has 130 valence electrons. The number of nitro benzene ring substituents is 1. The summed E-state index contributed by atoms with van der Waals surface area (Å²) < 4.78 is 24.5. The molecule has 1 heterocycles. The highest BCUT2D eigenvalue weighted by atomic mass is 32.2. The second-order valence-corrected chi connectivity index (χ2v) is 7.50. The standard InChI is InChI=1S/C17H12N4O4S/c1-26(24,25)14-8-6-12(7-9-14)17-10-13(11-18)19-20(17)15-4-2-3-5-16(15)21(22)23/h2-10H,1H3. The van der Waals surface area contributed by atoms with E-state index >= 15 is 0 Å². The third-order valence-corrected chi connectivity index (χ3v) is 4.84. The van der Waals surface area contributed by atoms with Crippen LogP contribution >= 0.6 is 0 Å². The molecule has 26 heavy (non-hydrogen) atoms. The summed E-state index contributed by atoms with van der Waals surface area (Å²) >= 11 is 0. The minimum absolute atomic E-state index is 0.0883. The quantitative estimate of drug-likeness (QED) is 0.516. The van der Waals surface area contributed by atoms with Crippen molar-refractivity contribution in [3.63, 3.8) is 0 Å². The van der Waals surface area contributed by atoms with Gasteiger partial charge >= 0.3 is 0 Å². The van der Waals surface area contributed by atoms with Crippen molar-refractivity contribution in [3.05, 3.63) is 70.4 Å². The van der Waals surface area contributed by atoms with Crippen molar-refractivity contribution >= 4 is 15.5 Å². The summed E-state index contributed by atoms with van der Waals surface area (Å²) in [6.07, 6.45) is 1.10. The third kappa shape index (κ3) is 3.18. The van der Waals surface area contributed by atoms with E-state index in [2.05, 4.69) is 5.10 Å². The monoisotopic (exact) mass is 368 g/mol. The van der Waals surface area contributed by atoms with Crippen LogP contribution in [0.2, 0.25) is 0 Å². The van der Waals surface area contributed by atoms with E-state index in [0.29, 0.717) is 11.3 Å². The van der Waals surface area contributed by atoms with Gasteiger partial charge in [0, 0.05) is 24.0 Å². The molecule has 0 atom stereocenters. The Morgan fingerprint density at radius 3 is 2.38 bits per heavy atom. The van der Waals surface area contributed by atoms with E-state index in [1.165, 1.54) is 41.1 Å². The molecule has 0 bridgehead atoms. The SMILES string of the molecule is CS(=O)(=O)c1ccc(-c2cc(C#N)nn2-c2ccccc2[N+](=O)[O-])cc1. The van der Waals surface area contributed by atoms with Gasteiger partial charge in [-0.1, -0.05) is 24.3 Å². The van der Waals surface area contributed by atoms with Gasteiger partial charge in [-0.15, -0.1) is 0 Å². The first-order chi connectivity index (χ1) is 12.3. The largest absolute Gasteiger partial charge is 0.294 e. The van der Waals surface area contributed by atoms with Crippen LogP contribution in [0.1, 0.15) is 5.69 Å². The first kappa shape index (κ1) is 17.3. The molecule has 0 aliphatic rings. The number of para-hydroxylation sites is 2. The molecule has 0 saturated carbocycles. The number of aromatic nitrogens is 2. The summed E-state index contributed by atoms with van der Waals surface area (Å²) in [7, 11) is -3.35. The van der Waals surface area contributed by atoms with Gasteiger partial charge in [-0.25, -0.2) is 13.1 Å². The Labute approximate surface area is 149 Å². The minimum Gasteiger partial charge on any atom is -0.258 e. The van der Waals surface area contributed by atoms with Gasteiger partial charge in [0.05, 0.1) is 15.5 Å². The molecule has 0 spiro atoms. The molecule has 3 rings (SSSR count). The lowest BCUT2D eigenvalue weighted by molar-refractivity contribution is -0.384. The fourth-order valence-corrected chi connectivity index (χ4v) is 3.13. The number of rotatable bonds is 4. The van der Waals surface area contributed by atoms with Crippen LogP contribution in [-0.4, -0.2) is 29.4 Å². The fraction of sp³-hybridized carbons (Fsp3) is 0.0588. The van der Waals surface area contributed by atoms with E-state index in [9.17, 15) is 18.5 Å². The zero-order valence-corrected chi connectivity index (χ0v) is 14.3. The Kier molecular flexibility index (Phi) is 4.28. The van der Waals surface area contributed by atoms with Gasteiger partial charge in [-0.2, -0.15) is 10.4 Å². The van der Waals surface area contributed by atoms with E-state index in [0.717, 1.165) is 6.26 Å². The van der Waals surface area contributed by atoms with Crippen molar-refractivity contribution in [2.75, 3.05) is 6.26 Å². The van der Waals surface area contributed by atoms with Gasteiger partial charge in [0.25, 0.3) is 5.69 Å². The van der Waals surface area contributed by atoms with Crippen LogP contribution in [0, 0.1) is 21.4 Å². The van der Waals surface area contributed by atoms with Gasteiger partial charge in [-0.05, 0) is 18.2 Å². The number of hydrogen-bond acceptors (Lipinski definition) is 6. The van der Waals surface area contributed by atoms with Gasteiger partial charge in [-0.3, -0.25) is 10.1 Å². The van der Waals surface area contributed by atoms with Gasteiger partial charge in [0.1, 0.15) is 11.8 Å². The number of nitro groups is 1. The lowest BCUT2D eigenvalue weighted by Crippen LogP contribution is -2.04. The highest BCUT2D eigenvalue weighted by Gasteiger charge is 2.20. The molecule has 8 nitrogen and oxygen atoms in total. The highest BCUT2D eigenvalue weighted by molar-refractivity contribution is 7.90. The summed E-state index contributed by atoms with van der Waals surface area (Å²) in [4.78, 5) is 10.9. The summed E-state index contributed by atoms with van der Waals surface area (Å²) in [6, 6.07) is 15.5. The van der Waals surface area contributed by atoms with E-state index < -0.39 is 14.8 Å². The molecule has 2 aromatic carbocycles. The van der Waals surface area contributed by atoms with Crippen LogP contribution < -0.4 is 0 Å². The smallest absolute Gasteiger partial charge is 0.258 e.